The lowest BCUT2D eigenvalue weighted by Gasteiger charge is -2.30. The Hall–Kier alpha value is -0.680. The van der Waals surface area contributed by atoms with Crippen molar-refractivity contribution in [1.82, 2.24) is 14.7 Å². The molecule has 1 aromatic heterocycles. The number of thioether (sulfide) groups is 1. The molecule has 1 fully saturated rings. The van der Waals surface area contributed by atoms with Gasteiger partial charge in [-0.1, -0.05) is 0 Å². The summed E-state index contributed by atoms with van der Waals surface area (Å²) in [5.41, 5.74) is 8.62. The molecule has 0 saturated carbocycles. The molecule has 1 aromatic rings. The minimum absolute atomic E-state index is 0.590. The summed E-state index contributed by atoms with van der Waals surface area (Å²) in [4.78, 5) is 2.34. The molecule has 0 aliphatic carbocycles. The van der Waals surface area contributed by atoms with Crippen LogP contribution < -0.4 is 5.73 Å². The van der Waals surface area contributed by atoms with Gasteiger partial charge in [0, 0.05) is 30.2 Å². The van der Waals surface area contributed by atoms with E-state index >= 15 is 0 Å². The van der Waals surface area contributed by atoms with Crippen LogP contribution in [0.5, 0.6) is 0 Å². The van der Waals surface area contributed by atoms with Gasteiger partial charge in [-0.05, 0) is 13.5 Å². The number of aromatic nitrogens is 2. The van der Waals surface area contributed by atoms with Crippen LogP contribution in [0.1, 0.15) is 17.3 Å². The topological polar surface area (TPSA) is 47.1 Å². The van der Waals surface area contributed by atoms with Crippen LogP contribution in [-0.4, -0.2) is 39.8 Å². The number of anilines is 1. The zero-order valence-corrected chi connectivity index (χ0v) is 9.76. The average molecular weight is 224 g/mol. The Balaban J connectivity index is 2.00. The summed E-state index contributed by atoms with van der Waals surface area (Å²) in [7, 11) is 2.16. The number of nitrogens with two attached hydrogens (primary N) is 1. The summed E-state index contributed by atoms with van der Waals surface area (Å²) in [6.07, 6.45) is 1.05. The first kappa shape index (κ1) is 9.54. The van der Waals surface area contributed by atoms with Crippen molar-refractivity contribution in [3.63, 3.8) is 0 Å². The summed E-state index contributed by atoms with van der Waals surface area (Å²) >= 11 is 1.99. The van der Waals surface area contributed by atoms with E-state index in [1.165, 1.54) is 22.8 Å². The van der Waals surface area contributed by atoms with Crippen molar-refractivity contribution in [3.05, 3.63) is 11.3 Å². The smallest absolute Gasteiger partial charge is 0.149 e. The molecule has 0 atom stereocenters. The molecule has 0 aromatic carbocycles. The molecule has 2 aliphatic heterocycles. The average Bonchev–Trinajstić information content (AvgIpc) is 2.41. The van der Waals surface area contributed by atoms with E-state index in [-0.39, 0.29) is 0 Å². The quantitative estimate of drug-likeness (QED) is 0.764. The van der Waals surface area contributed by atoms with Gasteiger partial charge in [0.1, 0.15) is 5.82 Å². The van der Waals surface area contributed by atoms with Gasteiger partial charge in [-0.15, -0.1) is 0 Å². The zero-order chi connectivity index (χ0) is 10.4. The van der Waals surface area contributed by atoms with E-state index in [2.05, 4.69) is 21.7 Å². The Morgan fingerprint density at radius 2 is 2.27 bits per heavy atom. The van der Waals surface area contributed by atoms with E-state index in [4.69, 9.17) is 5.73 Å². The molecule has 15 heavy (non-hydrogen) atoms. The highest BCUT2D eigenvalue weighted by Gasteiger charge is 2.28. The van der Waals surface area contributed by atoms with E-state index in [9.17, 15) is 0 Å². The standard InChI is InChI=1S/C10H16N4S/c1-13-3-2-8-9(4-13)14(12-10(8)11)7-5-15-6-7/h7H,2-6H2,1H3,(H2,11,12). The van der Waals surface area contributed by atoms with Crippen LogP contribution >= 0.6 is 11.8 Å². The maximum atomic E-state index is 5.97. The maximum absolute atomic E-state index is 5.97. The van der Waals surface area contributed by atoms with Gasteiger partial charge in [0.15, 0.2) is 0 Å². The van der Waals surface area contributed by atoms with Crippen LogP contribution in [0, 0.1) is 0 Å². The third kappa shape index (κ3) is 1.45. The van der Waals surface area contributed by atoms with Gasteiger partial charge in [0.2, 0.25) is 0 Å². The molecule has 82 valence electrons. The van der Waals surface area contributed by atoms with Gasteiger partial charge in [-0.2, -0.15) is 16.9 Å². The predicted molar refractivity (Wildman–Crippen MR) is 63.0 cm³/mol. The number of hydrogen-bond donors (Lipinski definition) is 1. The fourth-order valence-corrected chi connectivity index (χ4v) is 3.00. The van der Waals surface area contributed by atoms with Gasteiger partial charge in [0.25, 0.3) is 0 Å². The first-order chi connectivity index (χ1) is 7.25. The molecule has 1 saturated heterocycles. The first-order valence-corrected chi connectivity index (χ1v) is 6.53. The zero-order valence-electron chi connectivity index (χ0n) is 8.94. The lowest BCUT2D eigenvalue weighted by molar-refractivity contribution is 0.296. The molecule has 0 radical (unpaired) electrons. The minimum Gasteiger partial charge on any atom is -0.382 e. The van der Waals surface area contributed by atoms with Crippen molar-refractivity contribution < 1.29 is 0 Å². The van der Waals surface area contributed by atoms with Crippen molar-refractivity contribution in [3.8, 4) is 0 Å². The van der Waals surface area contributed by atoms with Crippen LogP contribution in [-0.2, 0) is 13.0 Å². The molecular weight excluding hydrogens is 208 g/mol. The van der Waals surface area contributed by atoms with Crippen LogP contribution in [0.2, 0.25) is 0 Å². The Bertz CT molecular complexity index is 383. The number of hydrogen-bond acceptors (Lipinski definition) is 4. The highest BCUT2D eigenvalue weighted by atomic mass is 32.2. The maximum Gasteiger partial charge on any atom is 0.149 e. The minimum atomic E-state index is 0.590. The fraction of sp³-hybridized carbons (Fsp3) is 0.700. The molecule has 2 N–H and O–H groups in total. The molecule has 0 unspecified atom stereocenters. The van der Waals surface area contributed by atoms with E-state index in [0.717, 1.165) is 25.3 Å². The molecule has 0 spiro atoms. The highest BCUT2D eigenvalue weighted by molar-refractivity contribution is 8.00. The molecule has 2 aliphatic rings. The normalized spacial score (nSPS) is 22.5. The summed E-state index contributed by atoms with van der Waals surface area (Å²) in [5.74, 6) is 3.14. The van der Waals surface area contributed by atoms with E-state index < -0.39 is 0 Å². The second-order valence-electron chi connectivity index (χ2n) is 4.43. The Morgan fingerprint density at radius 1 is 1.47 bits per heavy atom. The molecular formula is C10H16N4S. The summed E-state index contributed by atoms with van der Waals surface area (Å²) in [6.45, 7) is 2.10. The lowest BCUT2D eigenvalue weighted by atomic mass is 10.1. The molecule has 4 nitrogen and oxygen atoms in total. The Labute approximate surface area is 93.8 Å². The first-order valence-electron chi connectivity index (χ1n) is 5.37. The van der Waals surface area contributed by atoms with Crippen LogP contribution in [0.4, 0.5) is 5.82 Å². The number of nitrogens with zero attached hydrogens (tertiary/aromatic N) is 3. The van der Waals surface area contributed by atoms with Gasteiger partial charge in [0.05, 0.1) is 11.7 Å². The molecule has 0 amide bonds. The number of rotatable bonds is 1. The van der Waals surface area contributed by atoms with Crippen molar-refractivity contribution in [2.75, 3.05) is 30.8 Å². The SMILES string of the molecule is CN1CCc2c(N)nn(C3CSC3)c2C1. The third-order valence-corrected chi connectivity index (χ3v) is 4.52. The van der Waals surface area contributed by atoms with Crippen LogP contribution in [0.15, 0.2) is 0 Å². The second-order valence-corrected chi connectivity index (χ2v) is 5.51. The Kier molecular flexibility index (Phi) is 2.17. The van der Waals surface area contributed by atoms with E-state index in [1.807, 2.05) is 11.8 Å². The monoisotopic (exact) mass is 224 g/mol. The van der Waals surface area contributed by atoms with Crippen molar-refractivity contribution in [1.29, 1.82) is 0 Å². The number of likely N-dealkylation sites (N-methyl/N-ethyl adjacent to an activating group) is 1. The van der Waals surface area contributed by atoms with Gasteiger partial charge < -0.3 is 10.6 Å². The van der Waals surface area contributed by atoms with Crippen molar-refractivity contribution in [2.24, 2.45) is 0 Å². The summed E-state index contributed by atoms with van der Waals surface area (Å²) in [6, 6.07) is 0.590. The third-order valence-electron chi connectivity index (χ3n) is 3.28. The summed E-state index contributed by atoms with van der Waals surface area (Å²) < 4.78 is 2.18. The fourth-order valence-electron chi connectivity index (χ4n) is 2.27. The molecule has 3 rings (SSSR count). The van der Waals surface area contributed by atoms with E-state index in [0.29, 0.717) is 6.04 Å². The van der Waals surface area contributed by atoms with Crippen molar-refractivity contribution in [2.45, 2.75) is 19.0 Å². The molecule has 0 bridgehead atoms. The largest absolute Gasteiger partial charge is 0.382 e. The van der Waals surface area contributed by atoms with Crippen LogP contribution in [0.25, 0.3) is 0 Å². The van der Waals surface area contributed by atoms with Crippen molar-refractivity contribution >= 4 is 17.6 Å². The summed E-state index contributed by atoms with van der Waals surface area (Å²) in [5, 5.41) is 4.50. The number of nitrogen functional groups attached to an aromatic ring is 1. The second kappa shape index (κ2) is 3.42. The lowest BCUT2D eigenvalue weighted by Crippen LogP contribution is -2.31. The molecule has 3 heterocycles. The molecule has 5 heteroatoms. The van der Waals surface area contributed by atoms with Gasteiger partial charge in [-0.25, -0.2) is 0 Å². The van der Waals surface area contributed by atoms with Gasteiger partial charge in [-0.3, -0.25) is 4.68 Å². The highest BCUT2D eigenvalue weighted by Crippen LogP contribution is 2.33. The predicted octanol–water partition coefficient (Wildman–Crippen LogP) is 0.741. The number of fused-ring (bicyclic) bond motifs is 1. The Morgan fingerprint density at radius 3 is 2.93 bits per heavy atom. The van der Waals surface area contributed by atoms with Gasteiger partial charge >= 0.3 is 0 Å². The van der Waals surface area contributed by atoms with Crippen LogP contribution in [0.3, 0.4) is 0 Å². The van der Waals surface area contributed by atoms with E-state index in [1.54, 1.807) is 0 Å².